The third-order valence-electron chi connectivity index (χ3n) is 4.57. The second-order valence-electron chi connectivity index (χ2n) is 8.49. The van der Waals surface area contributed by atoms with Gasteiger partial charge < -0.3 is 20.1 Å². The van der Waals surface area contributed by atoms with Crippen LogP contribution in [0.25, 0.3) is 0 Å². The Labute approximate surface area is 197 Å². The summed E-state index contributed by atoms with van der Waals surface area (Å²) in [4.78, 5) is 53.9. The first-order valence-corrected chi connectivity index (χ1v) is 10.5. The van der Waals surface area contributed by atoms with E-state index in [1.165, 1.54) is 32.4 Å². The van der Waals surface area contributed by atoms with Gasteiger partial charge in [-0.25, -0.2) is 9.18 Å². The molecule has 10 heteroatoms. The summed E-state index contributed by atoms with van der Waals surface area (Å²) in [5.41, 5.74) is -0.633. The van der Waals surface area contributed by atoms with Crippen LogP contribution in [-0.4, -0.2) is 47.5 Å². The number of nitrogens with one attached hydrogen (secondary N) is 2. The van der Waals surface area contributed by atoms with Gasteiger partial charge in [0.05, 0.1) is 18.4 Å². The maximum Gasteiger partial charge on any atom is 0.408 e. The summed E-state index contributed by atoms with van der Waals surface area (Å²) in [6.07, 6.45) is 0.301. The van der Waals surface area contributed by atoms with Crippen molar-refractivity contribution in [2.45, 2.75) is 52.2 Å². The number of halogens is 1. The fraction of sp³-hybridized carbons (Fsp3) is 0.375. The van der Waals surface area contributed by atoms with Gasteiger partial charge in [-0.2, -0.15) is 0 Å². The number of aromatic nitrogens is 1. The molecule has 2 rings (SSSR count). The van der Waals surface area contributed by atoms with E-state index < -0.39 is 41.2 Å². The summed E-state index contributed by atoms with van der Waals surface area (Å²) in [5, 5.41) is 4.99. The molecule has 0 spiro atoms. The first-order chi connectivity index (χ1) is 15.9. The van der Waals surface area contributed by atoms with Crippen molar-refractivity contribution in [1.82, 2.24) is 10.3 Å². The van der Waals surface area contributed by atoms with E-state index in [-0.39, 0.29) is 35.3 Å². The Morgan fingerprint density at radius 2 is 1.85 bits per heavy atom. The van der Waals surface area contributed by atoms with Crippen LogP contribution in [0.5, 0.6) is 0 Å². The minimum atomic E-state index is -1.20. The number of pyridine rings is 1. The van der Waals surface area contributed by atoms with Gasteiger partial charge in [0.25, 0.3) is 0 Å². The molecule has 0 aliphatic heterocycles. The standard InChI is InChI=1S/C24H28FN3O6/c1-14-12-19(15(13-16(14)25)21(30)17-8-6-7-11-26-17)27-22(31)18(9-10-20(29)33-5)28-23(32)34-24(2,3)4/h6-8,11-13,18H,9-10H2,1-5H3,(H,27,31)(H,28,32). The first-order valence-electron chi connectivity index (χ1n) is 10.5. The van der Waals surface area contributed by atoms with E-state index in [2.05, 4.69) is 20.4 Å². The predicted molar refractivity (Wildman–Crippen MR) is 122 cm³/mol. The average Bonchev–Trinajstić information content (AvgIpc) is 2.77. The Kier molecular flexibility index (Phi) is 8.83. The maximum absolute atomic E-state index is 14.3. The monoisotopic (exact) mass is 473 g/mol. The Balaban J connectivity index is 2.33. The summed E-state index contributed by atoms with van der Waals surface area (Å²) in [6, 6.07) is 5.84. The van der Waals surface area contributed by atoms with Gasteiger partial charge in [0.2, 0.25) is 11.7 Å². The Morgan fingerprint density at radius 1 is 1.15 bits per heavy atom. The number of carbonyl (C=O) groups is 4. The Morgan fingerprint density at radius 3 is 2.44 bits per heavy atom. The molecule has 34 heavy (non-hydrogen) atoms. The summed E-state index contributed by atoms with van der Waals surface area (Å²) in [7, 11) is 1.20. The van der Waals surface area contributed by atoms with Crippen molar-refractivity contribution in [3.63, 3.8) is 0 Å². The van der Waals surface area contributed by atoms with Crippen LogP contribution in [0.2, 0.25) is 0 Å². The fourth-order valence-corrected chi connectivity index (χ4v) is 2.91. The van der Waals surface area contributed by atoms with E-state index >= 15 is 0 Å². The normalized spacial score (nSPS) is 11.8. The van der Waals surface area contributed by atoms with Gasteiger partial charge in [-0.05, 0) is 63.9 Å². The number of hydrogen-bond donors (Lipinski definition) is 2. The number of esters is 1. The van der Waals surface area contributed by atoms with Crippen LogP contribution >= 0.6 is 0 Å². The minimum Gasteiger partial charge on any atom is -0.469 e. The topological polar surface area (TPSA) is 124 Å². The smallest absolute Gasteiger partial charge is 0.408 e. The molecule has 2 N–H and O–H groups in total. The van der Waals surface area contributed by atoms with Gasteiger partial charge in [-0.3, -0.25) is 19.4 Å². The summed E-state index contributed by atoms with van der Waals surface area (Å²) < 4.78 is 24.1. The number of amides is 2. The van der Waals surface area contributed by atoms with Crippen molar-refractivity contribution >= 4 is 29.4 Å². The van der Waals surface area contributed by atoms with Gasteiger partial charge >= 0.3 is 12.1 Å². The van der Waals surface area contributed by atoms with Gasteiger partial charge in [0, 0.05) is 12.6 Å². The zero-order valence-electron chi connectivity index (χ0n) is 19.7. The van der Waals surface area contributed by atoms with Crippen molar-refractivity contribution in [2.24, 2.45) is 0 Å². The van der Waals surface area contributed by atoms with Gasteiger partial charge in [0.1, 0.15) is 23.2 Å². The third kappa shape index (κ3) is 7.65. The lowest BCUT2D eigenvalue weighted by atomic mass is 10.0. The highest BCUT2D eigenvalue weighted by atomic mass is 19.1. The number of benzene rings is 1. The average molecular weight is 474 g/mol. The number of ether oxygens (including phenoxy) is 2. The van der Waals surface area contributed by atoms with Crippen LogP contribution in [0.3, 0.4) is 0 Å². The highest BCUT2D eigenvalue weighted by Gasteiger charge is 2.27. The molecule has 182 valence electrons. The van der Waals surface area contributed by atoms with Crippen molar-refractivity contribution in [2.75, 3.05) is 12.4 Å². The van der Waals surface area contributed by atoms with E-state index in [4.69, 9.17) is 4.74 Å². The zero-order valence-corrected chi connectivity index (χ0v) is 19.7. The quantitative estimate of drug-likeness (QED) is 0.444. The molecule has 0 radical (unpaired) electrons. The molecule has 1 heterocycles. The van der Waals surface area contributed by atoms with Crippen LogP contribution in [-0.2, 0) is 19.1 Å². The van der Waals surface area contributed by atoms with Gasteiger partial charge in [0.15, 0.2) is 0 Å². The molecule has 1 atom stereocenters. The number of methoxy groups -OCH3 is 1. The number of carbonyl (C=O) groups excluding carboxylic acids is 4. The van der Waals surface area contributed by atoms with E-state index in [1.807, 2.05) is 0 Å². The van der Waals surface area contributed by atoms with Crippen LogP contribution in [0.15, 0.2) is 36.5 Å². The molecule has 0 fully saturated rings. The number of hydrogen-bond acceptors (Lipinski definition) is 7. The molecule has 0 aliphatic rings. The van der Waals surface area contributed by atoms with Crippen molar-refractivity contribution in [3.05, 3.63) is 59.2 Å². The van der Waals surface area contributed by atoms with Crippen molar-refractivity contribution in [1.29, 1.82) is 0 Å². The first kappa shape index (κ1) is 26.4. The van der Waals surface area contributed by atoms with E-state index in [0.717, 1.165) is 6.07 Å². The molecule has 1 aromatic heterocycles. The lowest BCUT2D eigenvalue weighted by Crippen LogP contribution is -2.46. The largest absolute Gasteiger partial charge is 0.469 e. The summed E-state index contributed by atoms with van der Waals surface area (Å²) in [6.45, 7) is 6.46. The highest BCUT2D eigenvalue weighted by Crippen LogP contribution is 2.24. The molecule has 1 unspecified atom stereocenters. The van der Waals surface area contributed by atoms with Gasteiger partial charge in [-0.1, -0.05) is 6.07 Å². The number of anilines is 1. The van der Waals surface area contributed by atoms with E-state index in [1.54, 1.807) is 32.9 Å². The summed E-state index contributed by atoms with van der Waals surface area (Å²) >= 11 is 0. The minimum absolute atomic E-state index is 0.0357. The molecule has 0 aliphatic carbocycles. The second-order valence-corrected chi connectivity index (χ2v) is 8.49. The van der Waals surface area contributed by atoms with E-state index in [9.17, 15) is 23.6 Å². The summed E-state index contributed by atoms with van der Waals surface area (Å²) in [5.74, 6) is -2.53. The Hall–Kier alpha value is -3.82. The van der Waals surface area contributed by atoms with Crippen LogP contribution in [0.1, 0.15) is 55.2 Å². The molecular formula is C24H28FN3O6. The van der Waals surface area contributed by atoms with Crippen LogP contribution in [0.4, 0.5) is 14.9 Å². The van der Waals surface area contributed by atoms with Crippen molar-refractivity contribution in [3.8, 4) is 0 Å². The Bertz CT molecular complexity index is 1070. The SMILES string of the molecule is COC(=O)CCC(NC(=O)OC(C)(C)C)C(=O)Nc1cc(C)c(F)cc1C(=O)c1ccccn1. The number of nitrogens with zero attached hydrogens (tertiary/aromatic N) is 1. The third-order valence-corrected chi connectivity index (χ3v) is 4.57. The molecular weight excluding hydrogens is 445 g/mol. The highest BCUT2D eigenvalue weighted by molar-refractivity contribution is 6.13. The molecule has 0 bridgehead atoms. The molecule has 0 saturated carbocycles. The van der Waals surface area contributed by atoms with Crippen LogP contribution < -0.4 is 10.6 Å². The molecule has 0 saturated heterocycles. The lowest BCUT2D eigenvalue weighted by molar-refractivity contribution is -0.140. The molecule has 9 nitrogen and oxygen atoms in total. The maximum atomic E-state index is 14.3. The van der Waals surface area contributed by atoms with Crippen LogP contribution in [0, 0.1) is 12.7 Å². The van der Waals surface area contributed by atoms with Gasteiger partial charge in [-0.15, -0.1) is 0 Å². The predicted octanol–water partition coefficient (Wildman–Crippen LogP) is 3.55. The fourth-order valence-electron chi connectivity index (χ4n) is 2.91. The lowest BCUT2D eigenvalue weighted by Gasteiger charge is -2.23. The number of aryl methyl sites for hydroxylation is 1. The van der Waals surface area contributed by atoms with E-state index in [0.29, 0.717) is 0 Å². The second kappa shape index (κ2) is 11.4. The molecule has 1 aromatic carbocycles. The zero-order chi connectivity index (χ0) is 25.5. The molecule has 2 amide bonds. The number of alkyl carbamates (subject to hydrolysis) is 1. The van der Waals surface area contributed by atoms with Crippen molar-refractivity contribution < 1.29 is 33.0 Å². The molecule has 2 aromatic rings. The number of rotatable bonds is 8. The number of ketones is 1.